The molecule has 0 saturated heterocycles. The zero-order valence-electron chi connectivity index (χ0n) is 21.0. The van der Waals surface area contributed by atoms with Gasteiger partial charge in [0.25, 0.3) is 0 Å². The molecule has 0 bridgehead atoms. The van der Waals surface area contributed by atoms with Crippen molar-refractivity contribution in [3.05, 3.63) is 12.2 Å². The van der Waals surface area contributed by atoms with Crippen molar-refractivity contribution in [3.63, 3.8) is 0 Å². The van der Waals surface area contributed by atoms with Gasteiger partial charge in [-0.25, -0.2) is 8.42 Å². The fourth-order valence-corrected chi connectivity index (χ4v) is 3.07. The van der Waals surface area contributed by atoms with Crippen LogP contribution in [-0.4, -0.2) is 103 Å². The minimum atomic E-state index is -4.53. The Hall–Kier alpha value is 0.370. The smallest absolute Gasteiger partial charge is 0.746 e. The fraction of sp³-hybridized carbons (Fsp3) is 0.909. The minimum absolute atomic E-state index is 0. The standard InChI is InChI=1S/C22H44O10S.Na/c1-21(2)20-32-22(33(24,25)26)8-19-31-18-7-17-30-16-6-15-29-14-5-13-28-12-4-11-27-10-3-9-23;/h22-23H,1,3-20H2,2H3,(H,24,25,26);/q;+1/p-1. The number of hydrogen-bond donors (Lipinski definition) is 1. The quantitative estimate of drug-likeness (QED) is 0.0644. The van der Waals surface area contributed by atoms with Gasteiger partial charge in [-0.2, -0.15) is 0 Å². The number of ether oxygens (including phenoxy) is 6. The summed E-state index contributed by atoms with van der Waals surface area (Å²) in [4.78, 5) is 0. The normalized spacial score (nSPS) is 12.4. The molecule has 0 aliphatic rings. The van der Waals surface area contributed by atoms with Crippen molar-refractivity contribution in [1.82, 2.24) is 0 Å². The molecular weight excluding hydrogens is 479 g/mol. The van der Waals surface area contributed by atoms with Crippen LogP contribution in [0.2, 0.25) is 0 Å². The summed E-state index contributed by atoms with van der Waals surface area (Å²) in [6.07, 6.45) is 3.83. The van der Waals surface area contributed by atoms with E-state index in [0.717, 1.165) is 19.3 Å². The van der Waals surface area contributed by atoms with Crippen molar-refractivity contribution in [2.75, 3.05) is 79.3 Å². The Labute approximate surface area is 227 Å². The van der Waals surface area contributed by atoms with Crippen LogP contribution >= 0.6 is 0 Å². The van der Waals surface area contributed by atoms with Crippen LogP contribution in [0.25, 0.3) is 0 Å². The SMILES string of the molecule is C=C(C)COC(CCOCCCOCCCOCCCOCCCOCCCO)S(=O)(=O)[O-].[Na+]. The van der Waals surface area contributed by atoms with Crippen LogP contribution in [0.3, 0.4) is 0 Å². The van der Waals surface area contributed by atoms with E-state index in [4.69, 9.17) is 33.5 Å². The minimum Gasteiger partial charge on any atom is -0.746 e. The molecular formula is C22H43NaO10S. The second-order valence-electron chi connectivity index (χ2n) is 7.53. The van der Waals surface area contributed by atoms with Gasteiger partial charge in [-0.3, -0.25) is 0 Å². The van der Waals surface area contributed by atoms with E-state index >= 15 is 0 Å². The first-order valence-electron chi connectivity index (χ1n) is 11.6. The van der Waals surface area contributed by atoms with E-state index in [1.807, 2.05) is 0 Å². The molecule has 0 spiro atoms. The molecule has 0 saturated carbocycles. The zero-order valence-corrected chi connectivity index (χ0v) is 23.9. The molecule has 1 N–H and O–H groups in total. The summed E-state index contributed by atoms with van der Waals surface area (Å²) in [5, 5.41) is 8.62. The Bertz CT molecular complexity index is 548. The summed E-state index contributed by atoms with van der Waals surface area (Å²) in [5.74, 6) is 0. The number of aliphatic hydroxyl groups excluding tert-OH is 1. The van der Waals surface area contributed by atoms with Crippen molar-refractivity contribution in [2.24, 2.45) is 0 Å². The van der Waals surface area contributed by atoms with Gasteiger partial charge in [-0.05, 0) is 39.0 Å². The Morgan fingerprint density at radius 3 is 1.44 bits per heavy atom. The Morgan fingerprint density at radius 2 is 1.12 bits per heavy atom. The Morgan fingerprint density at radius 1 is 0.765 bits per heavy atom. The summed E-state index contributed by atoms with van der Waals surface area (Å²) in [6, 6.07) is 0. The topological polar surface area (TPSA) is 133 Å². The van der Waals surface area contributed by atoms with Crippen molar-refractivity contribution in [1.29, 1.82) is 0 Å². The van der Waals surface area contributed by atoms with Crippen LogP contribution in [0, 0.1) is 0 Å². The van der Waals surface area contributed by atoms with Gasteiger partial charge in [-0.1, -0.05) is 12.2 Å². The molecule has 0 aliphatic carbocycles. The third-order valence-corrected chi connectivity index (χ3v) is 5.11. The van der Waals surface area contributed by atoms with Crippen molar-refractivity contribution < 1.29 is 76.1 Å². The molecule has 0 rings (SSSR count). The summed E-state index contributed by atoms with van der Waals surface area (Å²) in [5.41, 5.74) is -0.774. The van der Waals surface area contributed by atoms with Gasteiger partial charge in [0, 0.05) is 72.5 Å². The Kier molecular flexibility index (Phi) is 28.4. The summed E-state index contributed by atoms with van der Waals surface area (Å²) in [7, 11) is -4.53. The largest absolute Gasteiger partial charge is 1.00 e. The van der Waals surface area contributed by atoms with Crippen LogP contribution < -0.4 is 29.6 Å². The van der Waals surface area contributed by atoms with E-state index in [2.05, 4.69) is 6.58 Å². The molecule has 0 aliphatic heterocycles. The van der Waals surface area contributed by atoms with Crippen molar-refractivity contribution >= 4 is 10.1 Å². The van der Waals surface area contributed by atoms with Crippen LogP contribution in [0.5, 0.6) is 0 Å². The molecule has 0 radical (unpaired) electrons. The Balaban J connectivity index is 0. The van der Waals surface area contributed by atoms with E-state index in [-0.39, 0.29) is 55.8 Å². The molecule has 0 amide bonds. The van der Waals surface area contributed by atoms with Crippen LogP contribution in [0.4, 0.5) is 0 Å². The fourth-order valence-electron chi connectivity index (χ4n) is 2.45. The second kappa shape index (κ2) is 26.4. The number of rotatable bonds is 26. The molecule has 1 unspecified atom stereocenters. The monoisotopic (exact) mass is 522 g/mol. The molecule has 10 nitrogen and oxygen atoms in total. The molecule has 0 heterocycles. The molecule has 198 valence electrons. The van der Waals surface area contributed by atoms with Gasteiger partial charge in [0.1, 0.15) is 15.6 Å². The third kappa shape index (κ3) is 27.0. The molecule has 34 heavy (non-hydrogen) atoms. The molecule has 0 fully saturated rings. The van der Waals surface area contributed by atoms with Gasteiger partial charge < -0.3 is 38.1 Å². The number of hydrogen-bond acceptors (Lipinski definition) is 10. The first kappa shape index (κ1) is 36.5. The first-order valence-corrected chi connectivity index (χ1v) is 13.0. The molecule has 0 aromatic rings. The van der Waals surface area contributed by atoms with E-state index in [9.17, 15) is 13.0 Å². The maximum absolute atomic E-state index is 11.2. The van der Waals surface area contributed by atoms with E-state index in [0.29, 0.717) is 77.9 Å². The van der Waals surface area contributed by atoms with Gasteiger partial charge in [-0.15, -0.1) is 0 Å². The van der Waals surface area contributed by atoms with E-state index in [1.165, 1.54) is 0 Å². The van der Waals surface area contributed by atoms with Crippen molar-refractivity contribution in [3.8, 4) is 0 Å². The number of aliphatic hydroxyl groups is 1. The van der Waals surface area contributed by atoms with E-state index < -0.39 is 15.6 Å². The summed E-state index contributed by atoms with van der Waals surface area (Å²) in [6.45, 7) is 11.0. The molecule has 0 aromatic heterocycles. The van der Waals surface area contributed by atoms with Crippen LogP contribution in [0.1, 0.15) is 45.4 Å². The maximum atomic E-state index is 11.2. The molecule has 0 aromatic carbocycles. The molecule has 1 atom stereocenters. The zero-order chi connectivity index (χ0) is 24.6. The second-order valence-corrected chi connectivity index (χ2v) is 9.04. The van der Waals surface area contributed by atoms with Crippen LogP contribution in [-0.2, 0) is 38.5 Å². The van der Waals surface area contributed by atoms with Gasteiger partial charge in [0.15, 0.2) is 0 Å². The van der Waals surface area contributed by atoms with Crippen LogP contribution in [0.15, 0.2) is 12.2 Å². The predicted octanol–water partition coefficient (Wildman–Crippen LogP) is -1.13. The van der Waals surface area contributed by atoms with Gasteiger partial charge in [0.2, 0.25) is 0 Å². The molecule has 12 heteroatoms. The predicted molar refractivity (Wildman–Crippen MR) is 123 cm³/mol. The summed E-state index contributed by atoms with van der Waals surface area (Å²) < 4.78 is 65.8. The van der Waals surface area contributed by atoms with Gasteiger partial charge >= 0.3 is 29.6 Å². The third-order valence-electron chi connectivity index (χ3n) is 4.09. The average Bonchev–Trinajstić information content (AvgIpc) is 2.75. The van der Waals surface area contributed by atoms with E-state index in [1.54, 1.807) is 6.92 Å². The maximum Gasteiger partial charge on any atom is 1.00 e. The summed E-state index contributed by atoms with van der Waals surface area (Å²) >= 11 is 0. The van der Waals surface area contributed by atoms with Crippen molar-refractivity contribution in [2.45, 2.75) is 50.9 Å². The first-order chi connectivity index (χ1) is 15.9. The average molecular weight is 523 g/mol. The van der Waals surface area contributed by atoms with Gasteiger partial charge in [0.05, 0.1) is 13.2 Å².